The summed E-state index contributed by atoms with van der Waals surface area (Å²) in [6.07, 6.45) is 2.43. The molecule has 204 valence electrons. The van der Waals surface area contributed by atoms with Gasteiger partial charge in [-0.2, -0.15) is 0 Å². The average molecular weight is 643 g/mol. The number of nitrogens with one attached hydrogen (secondary N) is 2. The molecule has 0 spiro atoms. The van der Waals surface area contributed by atoms with Crippen LogP contribution < -0.4 is 10.6 Å². The number of carbonyl (C=O) groups excluding carboxylic acids is 2. The number of rotatable bonds is 15. The maximum atomic E-state index is 13.8. The van der Waals surface area contributed by atoms with E-state index in [-0.39, 0.29) is 43.0 Å². The second-order valence-corrected chi connectivity index (χ2v) is 12.4. The average Bonchev–Trinajstić information content (AvgIpc) is 3.17. The molecule has 36 heavy (non-hydrogen) atoms. The molecule has 2 rings (SSSR count). The van der Waals surface area contributed by atoms with Gasteiger partial charge in [-0.1, -0.05) is 35.9 Å². The van der Waals surface area contributed by atoms with Crippen LogP contribution in [-0.2, 0) is 26.0 Å². The van der Waals surface area contributed by atoms with E-state index < -0.39 is 33.6 Å². The van der Waals surface area contributed by atoms with Gasteiger partial charge in [-0.3, -0.25) is 9.59 Å². The lowest BCUT2D eigenvalue weighted by molar-refractivity contribution is -0.129. The SMILES string of the molecule is CCCCN1CC(C(=O)NC(Cc2cc(F)cc(F)c2)C[C@@H](CN(C)S(=O)(=O)CC)NCI)CC1=O. The number of carbonyl (C=O) groups is 2. The van der Waals surface area contributed by atoms with E-state index in [1.54, 1.807) is 11.8 Å². The molecule has 0 radical (unpaired) electrons. The number of likely N-dealkylation sites (N-methyl/N-ethyl adjacent to an activating group) is 1. The number of likely N-dealkylation sites (tertiary alicyclic amines) is 1. The maximum absolute atomic E-state index is 13.8. The van der Waals surface area contributed by atoms with E-state index in [4.69, 9.17) is 0 Å². The zero-order valence-electron chi connectivity index (χ0n) is 21.1. The number of hydrogen-bond acceptors (Lipinski definition) is 5. The first-order valence-corrected chi connectivity index (χ1v) is 15.4. The van der Waals surface area contributed by atoms with Crippen LogP contribution in [0.15, 0.2) is 18.2 Å². The molecule has 2 amide bonds. The summed E-state index contributed by atoms with van der Waals surface area (Å²) < 4.78 is 54.1. The van der Waals surface area contributed by atoms with Crippen molar-refractivity contribution in [3.8, 4) is 0 Å². The van der Waals surface area contributed by atoms with Gasteiger partial charge in [0.05, 0.1) is 11.7 Å². The van der Waals surface area contributed by atoms with Crippen LogP contribution in [0, 0.1) is 17.6 Å². The van der Waals surface area contributed by atoms with Crippen molar-refractivity contribution >= 4 is 44.4 Å². The largest absolute Gasteiger partial charge is 0.353 e. The Hall–Kier alpha value is -1.38. The fourth-order valence-corrected chi connectivity index (χ4v) is 5.83. The minimum Gasteiger partial charge on any atom is -0.353 e. The van der Waals surface area contributed by atoms with Crippen LogP contribution in [0.3, 0.4) is 0 Å². The van der Waals surface area contributed by atoms with Crippen molar-refractivity contribution in [3.05, 3.63) is 35.4 Å². The summed E-state index contributed by atoms with van der Waals surface area (Å²) in [5, 5.41) is 6.23. The Kier molecular flexibility index (Phi) is 12.4. The molecule has 1 aromatic rings. The topological polar surface area (TPSA) is 98.8 Å². The van der Waals surface area contributed by atoms with Gasteiger partial charge < -0.3 is 15.5 Å². The third-order valence-corrected chi connectivity index (χ3v) is 8.64. The Balaban J connectivity index is 2.20. The molecule has 1 fully saturated rings. The summed E-state index contributed by atoms with van der Waals surface area (Å²) in [7, 11) is -1.91. The van der Waals surface area contributed by atoms with E-state index in [1.807, 2.05) is 6.92 Å². The summed E-state index contributed by atoms with van der Waals surface area (Å²) in [4.78, 5) is 27.2. The van der Waals surface area contributed by atoms with Crippen LogP contribution in [0.25, 0.3) is 0 Å². The summed E-state index contributed by atoms with van der Waals surface area (Å²) in [6, 6.07) is 2.39. The normalized spacial score (nSPS) is 18.0. The van der Waals surface area contributed by atoms with Crippen molar-refractivity contribution < 1.29 is 26.8 Å². The molecule has 0 saturated carbocycles. The zero-order valence-corrected chi connectivity index (χ0v) is 24.1. The second kappa shape index (κ2) is 14.5. The molecular formula is C24H37F2IN4O4S. The molecule has 2 unspecified atom stereocenters. The number of halogens is 3. The molecule has 2 N–H and O–H groups in total. The quantitative estimate of drug-likeness (QED) is 0.174. The summed E-state index contributed by atoms with van der Waals surface area (Å²) in [5.74, 6) is -2.29. The third-order valence-electron chi connectivity index (χ3n) is 6.37. The third kappa shape index (κ3) is 9.49. The van der Waals surface area contributed by atoms with E-state index >= 15 is 0 Å². The van der Waals surface area contributed by atoms with Gasteiger partial charge in [0.2, 0.25) is 21.8 Å². The molecule has 1 aromatic carbocycles. The molecule has 1 saturated heterocycles. The zero-order chi connectivity index (χ0) is 26.9. The van der Waals surface area contributed by atoms with Gasteiger partial charge in [0.1, 0.15) is 11.6 Å². The predicted octanol–water partition coefficient (Wildman–Crippen LogP) is 2.66. The van der Waals surface area contributed by atoms with Crippen molar-refractivity contribution in [1.82, 2.24) is 19.8 Å². The summed E-state index contributed by atoms with van der Waals surface area (Å²) in [5.41, 5.74) is 0.382. The van der Waals surface area contributed by atoms with Gasteiger partial charge in [-0.25, -0.2) is 21.5 Å². The van der Waals surface area contributed by atoms with Crippen LogP contribution >= 0.6 is 22.6 Å². The number of hydrogen-bond donors (Lipinski definition) is 2. The van der Waals surface area contributed by atoms with Gasteiger partial charge in [0.25, 0.3) is 0 Å². The first-order valence-electron chi connectivity index (χ1n) is 12.3. The lowest BCUT2D eigenvalue weighted by atomic mass is 9.97. The minimum absolute atomic E-state index is 0.0343. The highest BCUT2D eigenvalue weighted by Gasteiger charge is 2.35. The maximum Gasteiger partial charge on any atom is 0.225 e. The van der Waals surface area contributed by atoms with E-state index in [0.717, 1.165) is 18.9 Å². The van der Waals surface area contributed by atoms with Gasteiger partial charge in [-0.15, -0.1) is 0 Å². The second-order valence-electron chi connectivity index (χ2n) is 9.23. The fraction of sp³-hybridized carbons (Fsp3) is 0.667. The van der Waals surface area contributed by atoms with Crippen molar-refractivity contribution in [2.45, 2.75) is 58.0 Å². The number of alkyl halides is 1. The number of amides is 2. The Morgan fingerprint density at radius 2 is 1.89 bits per heavy atom. The molecule has 0 bridgehead atoms. The molecule has 12 heteroatoms. The molecule has 1 heterocycles. The minimum atomic E-state index is -3.41. The van der Waals surface area contributed by atoms with Crippen LogP contribution in [0.1, 0.15) is 45.1 Å². The molecule has 0 aliphatic carbocycles. The molecule has 0 aromatic heterocycles. The molecular weight excluding hydrogens is 605 g/mol. The Morgan fingerprint density at radius 3 is 2.47 bits per heavy atom. The van der Waals surface area contributed by atoms with Crippen LogP contribution in [-0.4, -0.2) is 78.5 Å². The molecule has 1 aliphatic heterocycles. The number of nitrogens with zero attached hydrogens (tertiary/aromatic N) is 2. The van der Waals surface area contributed by atoms with E-state index in [1.165, 1.54) is 23.5 Å². The lowest BCUT2D eigenvalue weighted by Gasteiger charge is -2.29. The first-order chi connectivity index (χ1) is 17.0. The number of benzene rings is 1. The van der Waals surface area contributed by atoms with Crippen LogP contribution in [0.5, 0.6) is 0 Å². The van der Waals surface area contributed by atoms with Crippen molar-refractivity contribution in [1.29, 1.82) is 0 Å². The number of sulfonamides is 1. The van der Waals surface area contributed by atoms with Gasteiger partial charge in [0.15, 0.2) is 0 Å². The highest BCUT2D eigenvalue weighted by molar-refractivity contribution is 14.1. The molecule has 3 atom stereocenters. The van der Waals surface area contributed by atoms with Gasteiger partial charge in [0, 0.05) is 55.8 Å². The van der Waals surface area contributed by atoms with E-state index in [2.05, 4.69) is 33.2 Å². The highest BCUT2D eigenvalue weighted by atomic mass is 127. The standard InChI is InChI=1S/C24H37F2IN4O4S/c1-4-6-7-31-14-18(11-23(31)32)24(33)29-21(10-17-8-19(25)12-20(26)9-17)13-22(28-16-27)15-30(3)36(34,35)5-2/h8-9,12,18,21-22,28H,4-7,10-11,13-16H2,1-3H3,(H,29,33)/t18?,21?,22-/m0/s1. The fourth-order valence-electron chi connectivity index (χ4n) is 4.36. The van der Waals surface area contributed by atoms with Crippen molar-refractivity contribution in [2.24, 2.45) is 5.92 Å². The summed E-state index contributed by atoms with van der Waals surface area (Å²) >= 11 is 2.12. The molecule has 8 nitrogen and oxygen atoms in total. The number of unbranched alkanes of at least 4 members (excludes halogenated alkanes) is 1. The molecule has 1 aliphatic rings. The van der Waals surface area contributed by atoms with Crippen LogP contribution in [0.2, 0.25) is 0 Å². The van der Waals surface area contributed by atoms with Crippen molar-refractivity contribution in [2.75, 3.05) is 37.0 Å². The van der Waals surface area contributed by atoms with Gasteiger partial charge >= 0.3 is 0 Å². The predicted molar refractivity (Wildman–Crippen MR) is 144 cm³/mol. The van der Waals surface area contributed by atoms with Crippen LogP contribution in [0.4, 0.5) is 8.78 Å². The Labute approximate surface area is 226 Å². The smallest absolute Gasteiger partial charge is 0.225 e. The summed E-state index contributed by atoms with van der Waals surface area (Å²) in [6.45, 7) is 4.74. The van der Waals surface area contributed by atoms with E-state index in [9.17, 15) is 26.8 Å². The Morgan fingerprint density at radius 1 is 1.22 bits per heavy atom. The first kappa shape index (κ1) is 30.8. The monoisotopic (exact) mass is 642 g/mol. The Bertz CT molecular complexity index is 978. The van der Waals surface area contributed by atoms with E-state index in [0.29, 0.717) is 29.6 Å². The lowest BCUT2D eigenvalue weighted by Crippen LogP contribution is -2.48. The van der Waals surface area contributed by atoms with Crippen molar-refractivity contribution in [3.63, 3.8) is 0 Å². The van der Waals surface area contributed by atoms with Gasteiger partial charge in [-0.05, 0) is 43.9 Å². The highest BCUT2D eigenvalue weighted by Crippen LogP contribution is 2.20.